The second-order valence-electron chi connectivity index (χ2n) is 16.2. The first-order chi connectivity index (χ1) is 28.9. The van der Waals surface area contributed by atoms with E-state index in [1.165, 1.54) is 141 Å². The molecule has 12 heteroatoms. The van der Waals surface area contributed by atoms with Gasteiger partial charge < -0.3 is 39.6 Å². The highest BCUT2D eigenvalue weighted by Gasteiger charge is 2.18. The van der Waals surface area contributed by atoms with Gasteiger partial charge in [0.05, 0.1) is 38.9 Å². The lowest BCUT2D eigenvalue weighted by Gasteiger charge is -2.19. The molecular formula is C47H91N3O9. The zero-order valence-corrected chi connectivity index (χ0v) is 38.3. The molecule has 1 atom stereocenters. The lowest BCUT2D eigenvalue weighted by Crippen LogP contribution is -2.47. The Bertz CT molecular complexity index is 956. The molecule has 0 radical (unpaired) electrons. The van der Waals surface area contributed by atoms with E-state index in [0.717, 1.165) is 38.5 Å². The van der Waals surface area contributed by atoms with Crippen molar-refractivity contribution in [3.8, 4) is 0 Å². The Morgan fingerprint density at radius 2 is 0.881 bits per heavy atom. The molecule has 59 heavy (non-hydrogen) atoms. The summed E-state index contributed by atoms with van der Waals surface area (Å²) >= 11 is 0. The van der Waals surface area contributed by atoms with Crippen LogP contribution in [0.5, 0.6) is 0 Å². The van der Waals surface area contributed by atoms with E-state index >= 15 is 0 Å². The molecule has 12 nitrogen and oxygen atoms in total. The third-order valence-electron chi connectivity index (χ3n) is 10.5. The largest absolute Gasteiger partial charge is 0.463 e. The van der Waals surface area contributed by atoms with Crippen LogP contribution in [-0.2, 0) is 33.3 Å². The molecule has 0 saturated carbocycles. The SMILES string of the molecule is CCCCCCCCCCCCCCCCOC(=O)NCC(COC(=O)CCC(=O)NCCCOCCOC)NC(=O)OCCCCCCCCCCCCCCCC. The van der Waals surface area contributed by atoms with Crippen molar-refractivity contribution in [2.45, 2.75) is 219 Å². The molecule has 348 valence electrons. The summed E-state index contributed by atoms with van der Waals surface area (Å²) in [6.07, 6.45) is 34.3. The molecule has 0 aliphatic heterocycles. The predicted octanol–water partition coefficient (Wildman–Crippen LogP) is 11.3. The number of esters is 1. The Morgan fingerprint density at radius 1 is 0.441 bits per heavy atom. The van der Waals surface area contributed by atoms with Gasteiger partial charge in [-0.1, -0.05) is 181 Å². The van der Waals surface area contributed by atoms with Gasteiger partial charge in [-0.15, -0.1) is 0 Å². The van der Waals surface area contributed by atoms with Crippen LogP contribution in [-0.4, -0.2) is 89.9 Å². The van der Waals surface area contributed by atoms with Crippen LogP contribution in [0, 0.1) is 0 Å². The monoisotopic (exact) mass is 842 g/mol. The molecule has 0 aromatic carbocycles. The van der Waals surface area contributed by atoms with Crippen LogP contribution < -0.4 is 16.0 Å². The van der Waals surface area contributed by atoms with E-state index in [4.69, 9.17) is 23.7 Å². The van der Waals surface area contributed by atoms with Gasteiger partial charge in [0.1, 0.15) is 6.61 Å². The Labute approximate surface area is 360 Å². The summed E-state index contributed by atoms with van der Waals surface area (Å²) in [5.41, 5.74) is 0. The molecule has 0 spiro atoms. The van der Waals surface area contributed by atoms with Gasteiger partial charge in [-0.25, -0.2) is 9.59 Å². The van der Waals surface area contributed by atoms with Crippen LogP contribution in [0.25, 0.3) is 0 Å². The van der Waals surface area contributed by atoms with Gasteiger partial charge in [-0.2, -0.15) is 0 Å². The van der Waals surface area contributed by atoms with Gasteiger partial charge in [0.25, 0.3) is 0 Å². The van der Waals surface area contributed by atoms with E-state index in [0.29, 0.717) is 46.0 Å². The molecule has 0 bridgehead atoms. The first kappa shape index (κ1) is 56.4. The van der Waals surface area contributed by atoms with Crippen molar-refractivity contribution in [3.05, 3.63) is 0 Å². The summed E-state index contributed by atoms with van der Waals surface area (Å²) in [6, 6.07) is -0.733. The van der Waals surface area contributed by atoms with Crippen LogP contribution in [0.2, 0.25) is 0 Å². The molecule has 0 fully saturated rings. The molecule has 0 rings (SSSR count). The predicted molar refractivity (Wildman–Crippen MR) is 239 cm³/mol. The van der Waals surface area contributed by atoms with Gasteiger partial charge in [-0.3, -0.25) is 9.59 Å². The van der Waals surface area contributed by atoms with Gasteiger partial charge in [0, 0.05) is 33.2 Å². The summed E-state index contributed by atoms with van der Waals surface area (Å²) < 4.78 is 26.4. The number of nitrogens with one attached hydrogen (secondary N) is 3. The van der Waals surface area contributed by atoms with Gasteiger partial charge in [-0.05, 0) is 19.3 Å². The van der Waals surface area contributed by atoms with E-state index in [2.05, 4.69) is 29.8 Å². The van der Waals surface area contributed by atoms with E-state index in [-0.39, 0.29) is 31.9 Å². The number of ether oxygens (including phenoxy) is 5. The fraction of sp³-hybridized carbons (Fsp3) is 0.915. The number of unbranched alkanes of at least 4 members (excludes halogenated alkanes) is 26. The fourth-order valence-corrected chi connectivity index (χ4v) is 6.76. The van der Waals surface area contributed by atoms with Crippen LogP contribution in [0.3, 0.4) is 0 Å². The number of rotatable bonds is 45. The van der Waals surface area contributed by atoms with Crippen molar-refractivity contribution in [2.75, 3.05) is 59.8 Å². The van der Waals surface area contributed by atoms with Crippen molar-refractivity contribution < 1.29 is 42.9 Å². The minimum Gasteiger partial charge on any atom is -0.463 e. The maximum atomic E-state index is 12.6. The Kier molecular flexibility index (Phi) is 44.4. The molecule has 1 unspecified atom stereocenters. The third-order valence-corrected chi connectivity index (χ3v) is 10.5. The van der Waals surface area contributed by atoms with Crippen LogP contribution in [0.1, 0.15) is 213 Å². The van der Waals surface area contributed by atoms with E-state index in [9.17, 15) is 19.2 Å². The van der Waals surface area contributed by atoms with Crippen LogP contribution in [0.15, 0.2) is 0 Å². The van der Waals surface area contributed by atoms with Crippen molar-refractivity contribution in [1.82, 2.24) is 16.0 Å². The van der Waals surface area contributed by atoms with Gasteiger partial charge >= 0.3 is 18.2 Å². The summed E-state index contributed by atoms with van der Waals surface area (Å²) in [4.78, 5) is 49.7. The molecule has 3 amide bonds. The first-order valence-corrected chi connectivity index (χ1v) is 24.3. The number of hydrogen-bond acceptors (Lipinski definition) is 9. The topological polar surface area (TPSA) is 151 Å². The highest BCUT2D eigenvalue weighted by atomic mass is 16.6. The second-order valence-corrected chi connectivity index (χ2v) is 16.2. The first-order valence-electron chi connectivity index (χ1n) is 24.3. The zero-order chi connectivity index (χ0) is 43.1. The highest BCUT2D eigenvalue weighted by Crippen LogP contribution is 2.14. The molecule has 0 aliphatic carbocycles. The quantitative estimate of drug-likeness (QED) is 0.0309. The Balaban J connectivity index is 4.37. The standard InChI is InChI=1S/C47H91N3O9/c1-4-6-8-10-12-14-16-18-20-22-24-26-28-30-37-57-46(53)49-41-43(42-59-45(52)34-33-44(51)48-35-32-36-56-40-39-55-3)50-47(54)58-38-31-29-27-25-23-21-19-17-15-13-11-9-7-5-2/h43H,4-42H2,1-3H3,(H,48,51)(H,49,53)(H,50,54). The summed E-state index contributed by atoms with van der Waals surface area (Å²) in [5.74, 6) is -0.838. The molecule has 0 aromatic rings. The zero-order valence-electron chi connectivity index (χ0n) is 38.3. The normalized spacial score (nSPS) is 11.6. The van der Waals surface area contributed by atoms with E-state index in [1.54, 1.807) is 7.11 Å². The average Bonchev–Trinajstić information content (AvgIpc) is 3.23. The average molecular weight is 842 g/mol. The van der Waals surface area contributed by atoms with Crippen molar-refractivity contribution in [1.29, 1.82) is 0 Å². The lowest BCUT2D eigenvalue weighted by atomic mass is 10.0. The molecule has 0 saturated heterocycles. The second kappa shape index (κ2) is 46.5. The smallest absolute Gasteiger partial charge is 0.407 e. The maximum absolute atomic E-state index is 12.6. The summed E-state index contributed by atoms with van der Waals surface area (Å²) in [6.45, 7) is 6.89. The van der Waals surface area contributed by atoms with Gasteiger partial charge in [0.2, 0.25) is 5.91 Å². The molecule has 3 N–H and O–H groups in total. The Hall–Kier alpha value is -2.60. The van der Waals surface area contributed by atoms with Crippen molar-refractivity contribution in [3.63, 3.8) is 0 Å². The van der Waals surface area contributed by atoms with E-state index in [1.807, 2.05) is 0 Å². The Morgan fingerprint density at radius 3 is 1.34 bits per heavy atom. The van der Waals surface area contributed by atoms with E-state index < -0.39 is 24.2 Å². The van der Waals surface area contributed by atoms with Crippen molar-refractivity contribution in [2.24, 2.45) is 0 Å². The molecule has 0 heterocycles. The summed E-state index contributed by atoms with van der Waals surface area (Å²) in [5, 5.41) is 8.14. The minimum absolute atomic E-state index is 0.00819. The summed E-state index contributed by atoms with van der Waals surface area (Å²) in [7, 11) is 1.61. The number of carbonyl (C=O) groups is 4. The number of amides is 3. The number of hydrogen-bond donors (Lipinski definition) is 3. The fourth-order valence-electron chi connectivity index (χ4n) is 6.76. The highest BCUT2D eigenvalue weighted by molar-refractivity contribution is 5.81. The number of methoxy groups -OCH3 is 1. The van der Waals surface area contributed by atoms with Crippen molar-refractivity contribution >= 4 is 24.1 Å². The van der Waals surface area contributed by atoms with Crippen LogP contribution >= 0.6 is 0 Å². The van der Waals surface area contributed by atoms with Gasteiger partial charge in [0.15, 0.2) is 0 Å². The minimum atomic E-state index is -0.733. The third kappa shape index (κ3) is 44.8. The lowest BCUT2D eigenvalue weighted by molar-refractivity contribution is -0.145. The molecule has 0 aliphatic rings. The maximum Gasteiger partial charge on any atom is 0.407 e. The molecular weight excluding hydrogens is 751 g/mol. The molecule has 0 aromatic heterocycles. The number of carbonyl (C=O) groups excluding carboxylic acids is 4. The van der Waals surface area contributed by atoms with Crippen LogP contribution in [0.4, 0.5) is 9.59 Å². The number of alkyl carbamates (subject to hydrolysis) is 2.